The molecule has 1 heterocycles. The number of nitrogens with zero attached hydrogens (tertiary/aromatic N) is 1. The SMILES string of the molecule is O=C(O)c1ccc2c(c1)CCN2Cc1ccc(Cl)cc1Cl. The van der Waals surface area contributed by atoms with Gasteiger partial charge in [0, 0.05) is 28.8 Å². The minimum atomic E-state index is -0.892. The van der Waals surface area contributed by atoms with E-state index in [0.717, 1.165) is 29.8 Å². The van der Waals surface area contributed by atoms with Gasteiger partial charge in [-0.2, -0.15) is 0 Å². The molecule has 108 valence electrons. The lowest BCUT2D eigenvalue weighted by Gasteiger charge is -2.20. The van der Waals surface area contributed by atoms with Gasteiger partial charge in [-0.05, 0) is 47.9 Å². The van der Waals surface area contributed by atoms with E-state index in [9.17, 15) is 4.79 Å². The van der Waals surface area contributed by atoms with Crippen LogP contribution in [0.25, 0.3) is 0 Å². The molecule has 3 rings (SSSR count). The third-order valence-electron chi connectivity index (χ3n) is 3.69. The highest BCUT2D eigenvalue weighted by atomic mass is 35.5. The fourth-order valence-electron chi connectivity index (χ4n) is 2.62. The Morgan fingerprint density at radius 3 is 2.71 bits per heavy atom. The standard InChI is InChI=1S/C16H13Cl2NO2/c17-13-3-1-12(14(18)8-13)9-19-6-5-10-7-11(16(20)21)2-4-15(10)19/h1-4,7-8H,5-6,9H2,(H,20,21). The first-order chi connectivity index (χ1) is 10.0. The zero-order valence-electron chi connectivity index (χ0n) is 11.1. The predicted octanol–water partition coefficient (Wildman–Crippen LogP) is 4.25. The van der Waals surface area contributed by atoms with Crippen molar-refractivity contribution in [2.24, 2.45) is 0 Å². The van der Waals surface area contributed by atoms with E-state index in [1.54, 1.807) is 18.2 Å². The van der Waals surface area contributed by atoms with Crippen molar-refractivity contribution >= 4 is 34.9 Å². The number of carbonyl (C=O) groups is 1. The molecule has 1 aliphatic rings. The first-order valence-corrected chi connectivity index (χ1v) is 7.35. The topological polar surface area (TPSA) is 40.5 Å². The second-order valence-corrected chi connectivity index (χ2v) is 5.90. The summed E-state index contributed by atoms with van der Waals surface area (Å²) in [5.41, 5.74) is 3.49. The molecular formula is C16H13Cl2NO2. The Morgan fingerprint density at radius 1 is 1.19 bits per heavy atom. The minimum absolute atomic E-state index is 0.333. The molecule has 1 N–H and O–H groups in total. The number of fused-ring (bicyclic) bond motifs is 1. The quantitative estimate of drug-likeness (QED) is 0.918. The van der Waals surface area contributed by atoms with Crippen LogP contribution in [0, 0.1) is 0 Å². The number of carboxylic acid groups (broad SMARTS) is 1. The molecule has 1 aliphatic heterocycles. The van der Waals surface area contributed by atoms with Crippen molar-refractivity contribution in [3.8, 4) is 0 Å². The van der Waals surface area contributed by atoms with Gasteiger partial charge in [-0.3, -0.25) is 0 Å². The Hall–Kier alpha value is -1.71. The van der Waals surface area contributed by atoms with Gasteiger partial charge in [0.05, 0.1) is 5.56 Å². The first-order valence-electron chi connectivity index (χ1n) is 6.59. The van der Waals surface area contributed by atoms with E-state index in [-0.39, 0.29) is 0 Å². The highest BCUT2D eigenvalue weighted by Crippen LogP contribution is 2.32. The molecule has 3 nitrogen and oxygen atoms in total. The van der Waals surface area contributed by atoms with Crippen molar-refractivity contribution in [1.82, 2.24) is 0 Å². The molecule has 2 aromatic carbocycles. The molecule has 0 unspecified atom stereocenters. The van der Waals surface area contributed by atoms with Gasteiger partial charge in [0.15, 0.2) is 0 Å². The zero-order chi connectivity index (χ0) is 15.0. The number of benzene rings is 2. The average Bonchev–Trinajstić information content (AvgIpc) is 2.84. The van der Waals surface area contributed by atoms with Crippen LogP contribution in [0.1, 0.15) is 21.5 Å². The maximum Gasteiger partial charge on any atom is 0.335 e. The number of rotatable bonds is 3. The summed E-state index contributed by atoms with van der Waals surface area (Å²) in [5, 5.41) is 10.3. The summed E-state index contributed by atoms with van der Waals surface area (Å²) >= 11 is 12.1. The van der Waals surface area contributed by atoms with Gasteiger partial charge in [0.1, 0.15) is 0 Å². The molecule has 0 saturated carbocycles. The lowest BCUT2D eigenvalue weighted by Crippen LogP contribution is -2.19. The maximum absolute atomic E-state index is 11.0. The van der Waals surface area contributed by atoms with Gasteiger partial charge in [-0.25, -0.2) is 4.79 Å². The van der Waals surface area contributed by atoms with E-state index in [1.165, 1.54) is 0 Å². The summed E-state index contributed by atoms with van der Waals surface area (Å²) in [4.78, 5) is 13.2. The van der Waals surface area contributed by atoms with E-state index in [1.807, 2.05) is 18.2 Å². The van der Waals surface area contributed by atoms with Crippen LogP contribution >= 0.6 is 23.2 Å². The van der Waals surface area contributed by atoms with Gasteiger partial charge in [-0.15, -0.1) is 0 Å². The van der Waals surface area contributed by atoms with E-state index in [4.69, 9.17) is 28.3 Å². The number of hydrogen-bond donors (Lipinski definition) is 1. The number of aromatic carboxylic acids is 1. The molecule has 0 aromatic heterocycles. The Kier molecular flexibility index (Phi) is 3.79. The molecule has 0 saturated heterocycles. The molecule has 0 fully saturated rings. The van der Waals surface area contributed by atoms with Crippen LogP contribution in [0.3, 0.4) is 0 Å². The summed E-state index contributed by atoms with van der Waals surface area (Å²) in [6.07, 6.45) is 0.849. The monoisotopic (exact) mass is 321 g/mol. The minimum Gasteiger partial charge on any atom is -0.478 e. The number of halogens is 2. The molecule has 5 heteroatoms. The molecule has 0 radical (unpaired) electrons. The lowest BCUT2D eigenvalue weighted by molar-refractivity contribution is 0.0697. The van der Waals surface area contributed by atoms with E-state index >= 15 is 0 Å². The Morgan fingerprint density at radius 2 is 2.00 bits per heavy atom. The van der Waals surface area contributed by atoms with Crippen LogP contribution in [-0.2, 0) is 13.0 Å². The van der Waals surface area contributed by atoms with Crippen molar-refractivity contribution in [3.63, 3.8) is 0 Å². The van der Waals surface area contributed by atoms with Crippen LogP contribution < -0.4 is 4.90 Å². The highest BCUT2D eigenvalue weighted by Gasteiger charge is 2.21. The van der Waals surface area contributed by atoms with Gasteiger partial charge >= 0.3 is 5.97 Å². The summed E-state index contributed by atoms with van der Waals surface area (Å²) in [7, 11) is 0. The summed E-state index contributed by atoms with van der Waals surface area (Å²) in [6, 6.07) is 10.8. The Balaban J connectivity index is 1.86. The second-order valence-electron chi connectivity index (χ2n) is 5.06. The van der Waals surface area contributed by atoms with Crippen LogP contribution in [0.2, 0.25) is 10.0 Å². The van der Waals surface area contributed by atoms with E-state index in [2.05, 4.69) is 4.90 Å². The smallest absolute Gasteiger partial charge is 0.335 e. The van der Waals surface area contributed by atoms with Crippen molar-refractivity contribution in [2.45, 2.75) is 13.0 Å². The number of hydrogen-bond acceptors (Lipinski definition) is 2. The normalized spacial score (nSPS) is 13.3. The molecule has 0 atom stereocenters. The number of anilines is 1. The largest absolute Gasteiger partial charge is 0.478 e. The van der Waals surface area contributed by atoms with Crippen LogP contribution in [0.4, 0.5) is 5.69 Å². The molecule has 2 aromatic rings. The van der Waals surface area contributed by atoms with Gasteiger partial charge in [-0.1, -0.05) is 29.3 Å². The maximum atomic E-state index is 11.0. The van der Waals surface area contributed by atoms with E-state index < -0.39 is 5.97 Å². The average molecular weight is 322 g/mol. The van der Waals surface area contributed by atoms with E-state index in [0.29, 0.717) is 22.2 Å². The summed E-state index contributed by atoms with van der Waals surface area (Å²) < 4.78 is 0. The lowest BCUT2D eigenvalue weighted by atomic mass is 10.1. The molecule has 0 bridgehead atoms. The van der Waals surface area contributed by atoms with Crippen molar-refractivity contribution in [2.75, 3.05) is 11.4 Å². The summed E-state index contributed by atoms with van der Waals surface area (Å²) in [5.74, 6) is -0.892. The molecule has 0 aliphatic carbocycles. The Bertz CT molecular complexity index is 715. The highest BCUT2D eigenvalue weighted by molar-refractivity contribution is 6.35. The Labute approximate surface area is 132 Å². The third kappa shape index (κ3) is 2.85. The fourth-order valence-corrected chi connectivity index (χ4v) is 3.09. The third-order valence-corrected chi connectivity index (χ3v) is 4.28. The molecule has 21 heavy (non-hydrogen) atoms. The zero-order valence-corrected chi connectivity index (χ0v) is 12.7. The summed E-state index contributed by atoms with van der Waals surface area (Å²) in [6.45, 7) is 1.55. The van der Waals surface area contributed by atoms with Crippen molar-refractivity contribution in [3.05, 3.63) is 63.1 Å². The van der Waals surface area contributed by atoms with Gasteiger partial charge in [0.2, 0.25) is 0 Å². The number of carboxylic acids is 1. The van der Waals surface area contributed by atoms with Crippen LogP contribution in [-0.4, -0.2) is 17.6 Å². The fraction of sp³-hybridized carbons (Fsp3) is 0.188. The molecule has 0 amide bonds. The van der Waals surface area contributed by atoms with Gasteiger partial charge in [0.25, 0.3) is 0 Å². The molecule has 0 spiro atoms. The first kappa shape index (κ1) is 14.2. The van der Waals surface area contributed by atoms with Crippen LogP contribution in [0.15, 0.2) is 36.4 Å². The van der Waals surface area contributed by atoms with Crippen molar-refractivity contribution in [1.29, 1.82) is 0 Å². The molecular weight excluding hydrogens is 309 g/mol. The van der Waals surface area contributed by atoms with Gasteiger partial charge < -0.3 is 10.0 Å². The second kappa shape index (κ2) is 5.58. The van der Waals surface area contributed by atoms with Crippen molar-refractivity contribution < 1.29 is 9.90 Å². The predicted molar refractivity (Wildman–Crippen MR) is 84.6 cm³/mol. The van der Waals surface area contributed by atoms with Crippen LogP contribution in [0.5, 0.6) is 0 Å².